The fraction of sp³-hybridized carbons (Fsp3) is 0.182. The van der Waals surface area contributed by atoms with Gasteiger partial charge in [0.15, 0.2) is 6.10 Å². The van der Waals surface area contributed by atoms with Crippen LogP contribution in [0.1, 0.15) is 17.3 Å². The average molecular weight is 267 g/mol. The van der Waals surface area contributed by atoms with Crippen LogP contribution in [0.3, 0.4) is 0 Å². The summed E-state index contributed by atoms with van der Waals surface area (Å²) >= 11 is 0. The third kappa shape index (κ3) is 3.87. The predicted molar refractivity (Wildman–Crippen MR) is 65.6 cm³/mol. The van der Waals surface area contributed by atoms with E-state index >= 15 is 0 Å². The first-order chi connectivity index (χ1) is 8.81. The SMILES string of the molecule is CC(Oc1ccc(N)cc1C(=O)O)C(=O)NC(N)=O. The number of nitrogens with one attached hydrogen (secondary N) is 1. The molecule has 1 aromatic rings. The van der Waals surface area contributed by atoms with E-state index in [2.05, 4.69) is 0 Å². The quantitative estimate of drug-likeness (QED) is 0.562. The monoisotopic (exact) mass is 267 g/mol. The van der Waals surface area contributed by atoms with E-state index in [9.17, 15) is 14.4 Å². The van der Waals surface area contributed by atoms with Gasteiger partial charge in [-0.25, -0.2) is 9.59 Å². The van der Waals surface area contributed by atoms with Gasteiger partial charge in [0.05, 0.1) is 0 Å². The van der Waals surface area contributed by atoms with Gasteiger partial charge >= 0.3 is 12.0 Å². The normalized spacial score (nSPS) is 11.4. The molecule has 0 saturated heterocycles. The van der Waals surface area contributed by atoms with Gasteiger partial charge in [-0.1, -0.05) is 0 Å². The van der Waals surface area contributed by atoms with Crippen LogP contribution in [0, 0.1) is 0 Å². The van der Waals surface area contributed by atoms with Crippen molar-refractivity contribution in [3.63, 3.8) is 0 Å². The number of ether oxygens (including phenoxy) is 1. The highest BCUT2D eigenvalue weighted by molar-refractivity contribution is 5.96. The maximum Gasteiger partial charge on any atom is 0.339 e. The Morgan fingerprint density at radius 1 is 1.37 bits per heavy atom. The van der Waals surface area contributed by atoms with Gasteiger partial charge in [-0.05, 0) is 25.1 Å². The molecule has 0 aromatic heterocycles. The van der Waals surface area contributed by atoms with E-state index < -0.39 is 24.0 Å². The van der Waals surface area contributed by atoms with Gasteiger partial charge in [0.25, 0.3) is 5.91 Å². The van der Waals surface area contributed by atoms with Crippen molar-refractivity contribution in [1.82, 2.24) is 5.32 Å². The van der Waals surface area contributed by atoms with Crippen molar-refractivity contribution in [2.24, 2.45) is 5.73 Å². The number of nitrogen functional groups attached to an aromatic ring is 1. The van der Waals surface area contributed by atoms with Crippen LogP contribution < -0.4 is 21.5 Å². The van der Waals surface area contributed by atoms with E-state index in [1.54, 1.807) is 0 Å². The molecule has 1 atom stereocenters. The fourth-order valence-corrected chi connectivity index (χ4v) is 1.28. The number of urea groups is 1. The number of hydrogen-bond acceptors (Lipinski definition) is 5. The van der Waals surface area contributed by atoms with Gasteiger partial charge in [0.1, 0.15) is 11.3 Å². The topological polar surface area (TPSA) is 145 Å². The summed E-state index contributed by atoms with van der Waals surface area (Å²) in [6.07, 6.45) is -1.09. The highest BCUT2D eigenvalue weighted by Gasteiger charge is 2.19. The summed E-state index contributed by atoms with van der Waals surface area (Å²) in [5.74, 6) is -2.06. The number of primary amides is 1. The Kier molecular flexibility index (Phi) is 4.30. The summed E-state index contributed by atoms with van der Waals surface area (Å²) in [6, 6.07) is 2.94. The molecule has 6 N–H and O–H groups in total. The lowest BCUT2D eigenvalue weighted by Crippen LogP contribution is -2.42. The molecule has 0 aliphatic heterocycles. The summed E-state index contributed by atoms with van der Waals surface area (Å²) in [7, 11) is 0. The van der Waals surface area contributed by atoms with E-state index in [4.69, 9.17) is 21.3 Å². The Morgan fingerprint density at radius 2 is 2.00 bits per heavy atom. The molecular weight excluding hydrogens is 254 g/mol. The summed E-state index contributed by atoms with van der Waals surface area (Å²) in [4.78, 5) is 32.9. The number of anilines is 1. The highest BCUT2D eigenvalue weighted by Crippen LogP contribution is 2.22. The zero-order valence-electron chi connectivity index (χ0n) is 10.0. The number of amides is 3. The molecule has 1 unspecified atom stereocenters. The molecular formula is C11H13N3O5. The summed E-state index contributed by atoms with van der Waals surface area (Å²) in [5, 5.41) is 10.8. The molecule has 1 rings (SSSR count). The molecule has 3 amide bonds. The molecule has 8 nitrogen and oxygen atoms in total. The van der Waals surface area contributed by atoms with Gasteiger partial charge < -0.3 is 21.3 Å². The zero-order valence-corrected chi connectivity index (χ0v) is 10.0. The first kappa shape index (κ1) is 14.3. The first-order valence-electron chi connectivity index (χ1n) is 5.21. The van der Waals surface area contributed by atoms with E-state index in [1.807, 2.05) is 5.32 Å². The third-order valence-electron chi connectivity index (χ3n) is 2.15. The second-order valence-electron chi connectivity index (χ2n) is 3.67. The van der Waals surface area contributed by atoms with Crippen LogP contribution in [-0.4, -0.2) is 29.1 Å². The fourth-order valence-electron chi connectivity index (χ4n) is 1.28. The smallest absolute Gasteiger partial charge is 0.339 e. The average Bonchev–Trinajstić information content (AvgIpc) is 2.30. The number of imide groups is 1. The Balaban J connectivity index is 2.90. The van der Waals surface area contributed by atoms with Crippen molar-refractivity contribution in [2.75, 3.05) is 5.73 Å². The second kappa shape index (κ2) is 5.71. The lowest BCUT2D eigenvalue weighted by molar-refractivity contribution is -0.126. The highest BCUT2D eigenvalue weighted by atomic mass is 16.5. The Labute approximate surface area is 108 Å². The van der Waals surface area contributed by atoms with Gasteiger partial charge in [0, 0.05) is 5.69 Å². The minimum Gasteiger partial charge on any atom is -0.480 e. The molecule has 0 bridgehead atoms. The standard InChI is InChI=1S/C11H13N3O5/c1-5(9(15)14-11(13)18)19-8-3-2-6(12)4-7(8)10(16)17/h2-5H,12H2,1H3,(H,16,17)(H3,13,14,15,18). The van der Waals surface area contributed by atoms with Crippen LogP contribution in [-0.2, 0) is 4.79 Å². The van der Waals surface area contributed by atoms with E-state index in [-0.39, 0.29) is 17.0 Å². The number of hydrogen-bond donors (Lipinski definition) is 4. The van der Waals surface area contributed by atoms with Crippen molar-refractivity contribution in [3.8, 4) is 5.75 Å². The van der Waals surface area contributed by atoms with Crippen molar-refractivity contribution in [3.05, 3.63) is 23.8 Å². The molecule has 0 radical (unpaired) electrons. The third-order valence-corrected chi connectivity index (χ3v) is 2.15. The number of carboxylic acid groups (broad SMARTS) is 1. The maximum atomic E-state index is 11.4. The number of carboxylic acids is 1. The van der Waals surface area contributed by atoms with Crippen LogP contribution in [0.5, 0.6) is 5.75 Å². The van der Waals surface area contributed by atoms with Gasteiger partial charge in [0.2, 0.25) is 0 Å². The minimum atomic E-state index is -1.25. The number of carbonyl (C=O) groups excluding carboxylic acids is 2. The zero-order chi connectivity index (χ0) is 14.6. The maximum absolute atomic E-state index is 11.4. The molecule has 0 heterocycles. The van der Waals surface area contributed by atoms with Crippen molar-refractivity contribution in [2.45, 2.75) is 13.0 Å². The molecule has 0 aliphatic carbocycles. The van der Waals surface area contributed by atoms with Crippen LogP contribution >= 0.6 is 0 Å². The number of aromatic carboxylic acids is 1. The predicted octanol–water partition coefficient (Wildman–Crippen LogP) is -0.0708. The summed E-state index contributed by atoms with van der Waals surface area (Å²) < 4.78 is 5.17. The number of carbonyl (C=O) groups is 3. The van der Waals surface area contributed by atoms with Crippen LogP contribution in [0.2, 0.25) is 0 Å². The lowest BCUT2D eigenvalue weighted by atomic mass is 10.2. The Morgan fingerprint density at radius 3 is 2.53 bits per heavy atom. The number of rotatable bonds is 4. The molecule has 19 heavy (non-hydrogen) atoms. The van der Waals surface area contributed by atoms with Gasteiger partial charge in [-0.3, -0.25) is 10.1 Å². The second-order valence-corrected chi connectivity index (χ2v) is 3.67. The summed E-state index contributed by atoms with van der Waals surface area (Å²) in [6.45, 7) is 1.35. The first-order valence-corrected chi connectivity index (χ1v) is 5.21. The van der Waals surface area contributed by atoms with E-state index in [0.29, 0.717) is 0 Å². The van der Waals surface area contributed by atoms with Crippen LogP contribution in [0.25, 0.3) is 0 Å². The Hall–Kier alpha value is -2.77. The van der Waals surface area contributed by atoms with E-state index in [0.717, 1.165) is 0 Å². The molecule has 102 valence electrons. The number of benzene rings is 1. The molecule has 0 saturated carbocycles. The van der Waals surface area contributed by atoms with Crippen molar-refractivity contribution >= 4 is 23.6 Å². The van der Waals surface area contributed by atoms with Gasteiger partial charge in [-0.15, -0.1) is 0 Å². The molecule has 1 aromatic carbocycles. The largest absolute Gasteiger partial charge is 0.480 e. The number of nitrogens with two attached hydrogens (primary N) is 2. The van der Waals surface area contributed by atoms with Crippen molar-refractivity contribution in [1.29, 1.82) is 0 Å². The lowest BCUT2D eigenvalue weighted by Gasteiger charge is -2.15. The van der Waals surface area contributed by atoms with Crippen LogP contribution in [0.15, 0.2) is 18.2 Å². The molecule has 0 fully saturated rings. The van der Waals surface area contributed by atoms with E-state index in [1.165, 1.54) is 25.1 Å². The van der Waals surface area contributed by atoms with Gasteiger partial charge in [-0.2, -0.15) is 0 Å². The minimum absolute atomic E-state index is 0.0335. The van der Waals surface area contributed by atoms with Crippen LogP contribution in [0.4, 0.5) is 10.5 Å². The Bertz CT molecular complexity index is 529. The summed E-state index contributed by atoms with van der Waals surface area (Å²) in [5.41, 5.74) is 10.3. The molecule has 0 spiro atoms. The molecule has 0 aliphatic rings. The molecule has 8 heteroatoms. The van der Waals surface area contributed by atoms with Crippen molar-refractivity contribution < 1.29 is 24.2 Å².